The van der Waals surface area contributed by atoms with E-state index in [0.717, 1.165) is 11.8 Å². The predicted octanol–water partition coefficient (Wildman–Crippen LogP) is 1.44. The van der Waals surface area contributed by atoms with Crippen molar-refractivity contribution >= 4 is 34.7 Å². The third-order valence-corrected chi connectivity index (χ3v) is 5.96. The van der Waals surface area contributed by atoms with Crippen LogP contribution in [-0.2, 0) is 28.7 Å². The fourth-order valence-electron chi connectivity index (χ4n) is 3.17. The van der Waals surface area contributed by atoms with Crippen LogP contribution in [0.5, 0.6) is 0 Å². The van der Waals surface area contributed by atoms with Gasteiger partial charge in [0.2, 0.25) is 11.8 Å². The number of hydrogen-bond acceptors (Lipinski definition) is 8. The van der Waals surface area contributed by atoms with E-state index in [4.69, 9.17) is 14.6 Å². The molecule has 1 saturated heterocycles. The van der Waals surface area contributed by atoms with Gasteiger partial charge in [0.05, 0.1) is 12.7 Å². The first-order valence-corrected chi connectivity index (χ1v) is 12.2. The van der Waals surface area contributed by atoms with Gasteiger partial charge in [0.15, 0.2) is 10.9 Å². The molecule has 2 unspecified atom stereocenters. The summed E-state index contributed by atoms with van der Waals surface area (Å²) in [6.07, 6.45) is 0.0948. The molecular formula is C22H38N2O8S. The van der Waals surface area contributed by atoms with E-state index < -0.39 is 29.4 Å². The van der Waals surface area contributed by atoms with E-state index in [1.807, 2.05) is 13.8 Å². The molecule has 4 N–H and O–H groups in total. The van der Waals surface area contributed by atoms with Crippen molar-refractivity contribution in [1.82, 2.24) is 10.6 Å². The van der Waals surface area contributed by atoms with Gasteiger partial charge in [0.25, 0.3) is 0 Å². The predicted molar refractivity (Wildman–Crippen MR) is 124 cm³/mol. The van der Waals surface area contributed by atoms with Gasteiger partial charge in [-0.3, -0.25) is 19.2 Å². The maximum atomic E-state index is 12.5. The smallest absolute Gasteiger partial charge is 0.303 e. The van der Waals surface area contributed by atoms with Crippen LogP contribution in [0.2, 0.25) is 0 Å². The Morgan fingerprint density at radius 1 is 1.06 bits per heavy atom. The van der Waals surface area contributed by atoms with Gasteiger partial charge in [-0.15, -0.1) is 0 Å². The summed E-state index contributed by atoms with van der Waals surface area (Å²) in [5.41, 5.74) is -0.488. The first kappa shape index (κ1) is 29.3. The van der Waals surface area contributed by atoms with Crippen molar-refractivity contribution < 1.29 is 38.9 Å². The van der Waals surface area contributed by atoms with Gasteiger partial charge in [0, 0.05) is 43.5 Å². The molecule has 0 aromatic carbocycles. The maximum absolute atomic E-state index is 12.5. The molecule has 1 heterocycles. The number of carbonyl (C=O) groups excluding carboxylic acids is 3. The third kappa shape index (κ3) is 12.4. The molecule has 190 valence electrons. The highest BCUT2D eigenvalue weighted by Crippen LogP contribution is 2.34. The zero-order valence-corrected chi connectivity index (χ0v) is 20.8. The average molecular weight is 491 g/mol. The molecule has 1 aliphatic heterocycles. The minimum atomic E-state index is -0.873. The number of rotatable bonds is 14. The van der Waals surface area contributed by atoms with E-state index in [2.05, 4.69) is 10.6 Å². The summed E-state index contributed by atoms with van der Waals surface area (Å²) in [6.45, 7) is 8.12. The van der Waals surface area contributed by atoms with Crippen LogP contribution < -0.4 is 10.6 Å². The quantitative estimate of drug-likeness (QED) is 0.265. The number of ether oxygens (including phenoxy) is 2. The number of unbranched alkanes of at least 4 members (excludes halogenated alkanes) is 1. The van der Waals surface area contributed by atoms with Crippen LogP contribution >= 0.6 is 11.8 Å². The van der Waals surface area contributed by atoms with Crippen molar-refractivity contribution in [2.45, 2.75) is 84.2 Å². The van der Waals surface area contributed by atoms with Gasteiger partial charge in [-0.05, 0) is 26.7 Å². The highest BCUT2D eigenvalue weighted by Gasteiger charge is 2.45. The molecule has 1 fully saturated rings. The molecule has 2 atom stereocenters. The van der Waals surface area contributed by atoms with E-state index >= 15 is 0 Å². The van der Waals surface area contributed by atoms with Crippen LogP contribution in [0.4, 0.5) is 0 Å². The maximum Gasteiger partial charge on any atom is 0.303 e. The molecule has 0 radical (unpaired) electrons. The normalized spacial score (nSPS) is 20.0. The minimum Gasteiger partial charge on any atom is -0.481 e. The van der Waals surface area contributed by atoms with Crippen LogP contribution in [0.25, 0.3) is 0 Å². The van der Waals surface area contributed by atoms with Crippen LogP contribution in [-0.4, -0.2) is 76.6 Å². The fourth-order valence-corrected chi connectivity index (χ4v) is 3.91. The summed E-state index contributed by atoms with van der Waals surface area (Å²) in [4.78, 5) is 46.8. The summed E-state index contributed by atoms with van der Waals surface area (Å²) >= 11 is 1.03. The Morgan fingerprint density at radius 3 is 2.42 bits per heavy atom. The second kappa shape index (κ2) is 13.9. The van der Waals surface area contributed by atoms with Gasteiger partial charge in [-0.2, -0.15) is 0 Å². The molecule has 0 aliphatic carbocycles. The van der Waals surface area contributed by atoms with Crippen LogP contribution in [0.3, 0.4) is 0 Å². The molecule has 0 aromatic heterocycles. The summed E-state index contributed by atoms with van der Waals surface area (Å²) in [5, 5.41) is 23.6. The number of carboxylic acids is 1. The molecule has 1 rings (SSSR count). The number of nitrogens with one attached hydrogen (secondary N) is 2. The molecule has 11 heteroatoms. The van der Waals surface area contributed by atoms with Crippen molar-refractivity contribution in [3.05, 3.63) is 0 Å². The molecule has 0 saturated carbocycles. The van der Waals surface area contributed by atoms with Gasteiger partial charge >= 0.3 is 5.97 Å². The number of aliphatic hydroxyl groups excluding tert-OH is 1. The standard InChI is InChI=1S/C22H38N2O8S/c1-21(2)14-31-22(3,4)32-19(21)20(30)24-10-9-16(26)23-11-12-33-18(29)13-15(25)7-5-6-8-17(27)28/h15,19,25H,5-14H2,1-4H3,(H,23,26)(H,24,30)(H,27,28). The highest BCUT2D eigenvalue weighted by atomic mass is 32.2. The zero-order valence-electron chi connectivity index (χ0n) is 20.0. The third-order valence-electron chi connectivity index (χ3n) is 5.06. The SMILES string of the molecule is CC1(C)OCC(C)(C)C(C(=O)NCCC(=O)NCCSC(=O)CC(O)CCCCC(=O)O)O1. The average Bonchev–Trinajstić information content (AvgIpc) is 2.70. The Bertz CT molecular complexity index is 683. The Balaban J connectivity index is 2.15. The topological polar surface area (TPSA) is 151 Å². The summed E-state index contributed by atoms with van der Waals surface area (Å²) in [6, 6.07) is 0. The Hall–Kier alpha value is -1.69. The lowest BCUT2D eigenvalue weighted by atomic mass is 9.85. The van der Waals surface area contributed by atoms with Crippen LogP contribution in [0, 0.1) is 5.41 Å². The van der Waals surface area contributed by atoms with Crippen LogP contribution in [0.15, 0.2) is 0 Å². The molecular weight excluding hydrogens is 452 g/mol. The Kier molecular flexibility index (Phi) is 12.3. The van der Waals surface area contributed by atoms with Gasteiger partial charge < -0.3 is 30.3 Å². The second-order valence-corrected chi connectivity index (χ2v) is 10.4. The number of aliphatic hydroxyl groups is 1. The molecule has 2 amide bonds. The van der Waals surface area contributed by atoms with Crippen molar-refractivity contribution in [3.63, 3.8) is 0 Å². The lowest BCUT2D eigenvalue weighted by Crippen LogP contribution is -2.56. The second-order valence-electron chi connectivity index (χ2n) is 9.28. The fraction of sp³-hybridized carbons (Fsp3) is 0.818. The molecule has 1 aliphatic rings. The number of amides is 2. The minimum absolute atomic E-state index is 0.000845. The lowest BCUT2D eigenvalue weighted by Gasteiger charge is -2.44. The van der Waals surface area contributed by atoms with Crippen molar-refractivity contribution in [2.75, 3.05) is 25.4 Å². The molecule has 0 bridgehead atoms. The number of thioether (sulfide) groups is 1. The van der Waals surface area contributed by atoms with E-state index in [1.54, 1.807) is 13.8 Å². The largest absolute Gasteiger partial charge is 0.481 e. The molecule has 0 spiro atoms. The van der Waals surface area contributed by atoms with Crippen molar-refractivity contribution in [3.8, 4) is 0 Å². The summed E-state index contributed by atoms with van der Waals surface area (Å²) in [7, 11) is 0. The monoisotopic (exact) mass is 490 g/mol. The highest BCUT2D eigenvalue weighted by molar-refractivity contribution is 8.13. The van der Waals surface area contributed by atoms with Crippen molar-refractivity contribution in [1.29, 1.82) is 0 Å². The Morgan fingerprint density at radius 2 is 1.76 bits per heavy atom. The summed E-state index contributed by atoms with van der Waals surface area (Å²) < 4.78 is 11.4. The molecule has 33 heavy (non-hydrogen) atoms. The summed E-state index contributed by atoms with van der Waals surface area (Å²) in [5.74, 6) is -1.87. The van der Waals surface area contributed by atoms with E-state index in [1.165, 1.54) is 0 Å². The number of carbonyl (C=O) groups is 4. The first-order valence-electron chi connectivity index (χ1n) is 11.2. The first-order chi connectivity index (χ1) is 15.3. The number of aliphatic carboxylic acids is 1. The van der Waals surface area contributed by atoms with E-state index in [9.17, 15) is 24.3 Å². The van der Waals surface area contributed by atoms with E-state index in [-0.39, 0.29) is 42.7 Å². The Labute approximate surface area is 199 Å². The molecule has 10 nitrogen and oxygen atoms in total. The van der Waals surface area contributed by atoms with Crippen LogP contribution in [0.1, 0.15) is 66.2 Å². The van der Waals surface area contributed by atoms with Gasteiger partial charge in [0.1, 0.15) is 6.10 Å². The van der Waals surface area contributed by atoms with E-state index in [0.29, 0.717) is 38.2 Å². The molecule has 0 aromatic rings. The van der Waals surface area contributed by atoms with Gasteiger partial charge in [-0.25, -0.2) is 0 Å². The number of hydrogen-bond donors (Lipinski definition) is 4. The zero-order chi connectivity index (χ0) is 25.1. The van der Waals surface area contributed by atoms with Crippen molar-refractivity contribution in [2.24, 2.45) is 5.41 Å². The number of carboxylic acid groups (broad SMARTS) is 1. The lowest BCUT2D eigenvalue weighted by molar-refractivity contribution is -0.304. The van der Waals surface area contributed by atoms with Gasteiger partial charge in [-0.1, -0.05) is 32.0 Å².